The average molecular weight is 355 g/mol. The van der Waals surface area contributed by atoms with Crippen LogP contribution in [0.3, 0.4) is 0 Å². The first-order valence-corrected chi connectivity index (χ1v) is 8.83. The third-order valence-electron chi connectivity index (χ3n) is 4.65. The highest BCUT2D eigenvalue weighted by atomic mass is 16.7. The van der Waals surface area contributed by atoms with Crippen molar-refractivity contribution in [2.45, 2.75) is 18.8 Å². The molecule has 2 aromatic rings. The Kier molecular flexibility index (Phi) is 6.12. The first-order chi connectivity index (χ1) is 12.7. The third kappa shape index (κ3) is 4.76. The van der Waals surface area contributed by atoms with E-state index in [0.717, 1.165) is 24.3 Å². The van der Waals surface area contributed by atoms with Crippen LogP contribution in [0.1, 0.15) is 23.5 Å². The zero-order valence-corrected chi connectivity index (χ0v) is 15.2. The standard InChI is InChI=1S/C21H25NO4/c1-24-14-26-18-9-5-16(6-10-18)19-13-20(19)21(23)22-12-11-15-3-7-17(25-2)8-4-15/h3-10,19-20H,11-14H2,1-2H3,(H,22,23). The molecule has 1 aliphatic rings. The third-order valence-corrected chi connectivity index (χ3v) is 4.65. The number of nitrogens with one attached hydrogen (secondary N) is 1. The smallest absolute Gasteiger partial charge is 0.223 e. The Balaban J connectivity index is 1.42. The fourth-order valence-electron chi connectivity index (χ4n) is 3.04. The molecule has 1 fully saturated rings. The molecular weight excluding hydrogens is 330 g/mol. The predicted molar refractivity (Wildman–Crippen MR) is 99.5 cm³/mol. The number of carbonyl (C=O) groups excluding carboxylic acids is 1. The lowest BCUT2D eigenvalue weighted by Crippen LogP contribution is -2.27. The number of ether oxygens (including phenoxy) is 3. The van der Waals surface area contributed by atoms with Gasteiger partial charge in [-0.2, -0.15) is 0 Å². The van der Waals surface area contributed by atoms with Crippen LogP contribution in [0.25, 0.3) is 0 Å². The fourth-order valence-corrected chi connectivity index (χ4v) is 3.04. The van der Waals surface area contributed by atoms with Gasteiger partial charge in [0.15, 0.2) is 6.79 Å². The van der Waals surface area contributed by atoms with Crippen LogP contribution in [-0.2, 0) is 16.0 Å². The lowest BCUT2D eigenvalue weighted by molar-refractivity contribution is -0.122. The van der Waals surface area contributed by atoms with E-state index in [1.807, 2.05) is 48.5 Å². The summed E-state index contributed by atoms with van der Waals surface area (Å²) in [6.07, 6.45) is 1.73. The number of methoxy groups -OCH3 is 2. The maximum atomic E-state index is 12.3. The second-order valence-corrected chi connectivity index (χ2v) is 6.46. The number of benzene rings is 2. The second-order valence-electron chi connectivity index (χ2n) is 6.46. The second kappa shape index (κ2) is 8.72. The molecule has 0 aliphatic heterocycles. The first-order valence-electron chi connectivity index (χ1n) is 8.83. The summed E-state index contributed by atoms with van der Waals surface area (Å²) in [6.45, 7) is 0.889. The maximum Gasteiger partial charge on any atom is 0.223 e. The van der Waals surface area contributed by atoms with Gasteiger partial charge in [-0.3, -0.25) is 4.79 Å². The van der Waals surface area contributed by atoms with Crippen molar-refractivity contribution < 1.29 is 19.0 Å². The molecule has 2 aromatic carbocycles. The quantitative estimate of drug-likeness (QED) is 0.702. The van der Waals surface area contributed by atoms with Crippen LogP contribution in [-0.4, -0.2) is 33.5 Å². The van der Waals surface area contributed by atoms with Crippen molar-refractivity contribution >= 4 is 5.91 Å². The van der Waals surface area contributed by atoms with E-state index in [4.69, 9.17) is 14.2 Å². The number of hydrogen-bond acceptors (Lipinski definition) is 4. The normalized spacial score (nSPS) is 18.2. The van der Waals surface area contributed by atoms with Gasteiger partial charge in [0.05, 0.1) is 7.11 Å². The van der Waals surface area contributed by atoms with E-state index in [2.05, 4.69) is 5.32 Å². The van der Waals surface area contributed by atoms with Crippen LogP contribution < -0.4 is 14.8 Å². The van der Waals surface area contributed by atoms with Gasteiger partial charge in [-0.25, -0.2) is 0 Å². The highest BCUT2D eigenvalue weighted by Gasteiger charge is 2.43. The molecule has 2 unspecified atom stereocenters. The minimum atomic E-state index is 0.0802. The molecule has 3 rings (SSSR count). The molecule has 1 saturated carbocycles. The van der Waals surface area contributed by atoms with Gasteiger partial charge in [0.1, 0.15) is 11.5 Å². The SMILES string of the molecule is COCOc1ccc(C2CC2C(=O)NCCc2ccc(OC)cc2)cc1. The van der Waals surface area contributed by atoms with Crippen molar-refractivity contribution in [1.29, 1.82) is 0 Å². The van der Waals surface area contributed by atoms with E-state index in [9.17, 15) is 4.79 Å². The Morgan fingerprint density at radius 1 is 1.04 bits per heavy atom. The molecule has 0 bridgehead atoms. The molecule has 1 aliphatic carbocycles. The number of carbonyl (C=O) groups is 1. The van der Waals surface area contributed by atoms with Crippen LogP contribution in [0.2, 0.25) is 0 Å². The number of hydrogen-bond donors (Lipinski definition) is 1. The summed E-state index contributed by atoms with van der Waals surface area (Å²) in [4.78, 5) is 12.3. The van der Waals surface area contributed by atoms with Crippen LogP contribution in [0.15, 0.2) is 48.5 Å². The molecule has 1 amide bonds. The Bertz CT molecular complexity index is 712. The minimum Gasteiger partial charge on any atom is -0.497 e. The molecule has 0 radical (unpaired) electrons. The van der Waals surface area contributed by atoms with E-state index in [1.165, 1.54) is 11.1 Å². The summed E-state index contributed by atoms with van der Waals surface area (Å²) in [5, 5.41) is 3.05. The zero-order chi connectivity index (χ0) is 18.4. The van der Waals surface area contributed by atoms with Crippen LogP contribution >= 0.6 is 0 Å². The van der Waals surface area contributed by atoms with Crippen LogP contribution in [0.5, 0.6) is 11.5 Å². The Hall–Kier alpha value is -2.53. The monoisotopic (exact) mass is 355 g/mol. The first kappa shape index (κ1) is 18.3. The van der Waals surface area contributed by atoms with Crippen molar-refractivity contribution in [3.05, 3.63) is 59.7 Å². The molecule has 0 spiro atoms. The van der Waals surface area contributed by atoms with E-state index >= 15 is 0 Å². The van der Waals surface area contributed by atoms with Crippen molar-refractivity contribution in [3.8, 4) is 11.5 Å². The van der Waals surface area contributed by atoms with E-state index < -0.39 is 0 Å². The van der Waals surface area contributed by atoms with Gasteiger partial charge in [-0.15, -0.1) is 0 Å². The fraction of sp³-hybridized carbons (Fsp3) is 0.381. The van der Waals surface area contributed by atoms with Gasteiger partial charge in [0.25, 0.3) is 0 Å². The van der Waals surface area contributed by atoms with Crippen molar-refractivity contribution in [3.63, 3.8) is 0 Å². The molecule has 0 saturated heterocycles. The highest BCUT2D eigenvalue weighted by molar-refractivity contribution is 5.82. The molecule has 26 heavy (non-hydrogen) atoms. The van der Waals surface area contributed by atoms with Gasteiger partial charge >= 0.3 is 0 Å². The Labute approximate surface area is 154 Å². The van der Waals surface area contributed by atoms with Gasteiger partial charge in [0, 0.05) is 19.6 Å². The topological polar surface area (TPSA) is 56.8 Å². The number of rotatable bonds is 9. The molecule has 5 nitrogen and oxygen atoms in total. The van der Waals surface area contributed by atoms with Crippen molar-refractivity contribution in [2.75, 3.05) is 27.6 Å². The maximum absolute atomic E-state index is 12.3. The summed E-state index contributed by atoms with van der Waals surface area (Å²) in [6, 6.07) is 15.8. The van der Waals surface area contributed by atoms with E-state index in [0.29, 0.717) is 12.5 Å². The van der Waals surface area contributed by atoms with E-state index in [-0.39, 0.29) is 18.6 Å². The largest absolute Gasteiger partial charge is 0.497 e. The summed E-state index contributed by atoms with van der Waals surface area (Å²) in [5.41, 5.74) is 2.37. The zero-order valence-electron chi connectivity index (χ0n) is 15.2. The van der Waals surface area contributed by atoms with Gasteiger partial charge in [0.2, 0.25) is 5.91 Å². The lowest BCUT2D eigenvalue weighted by Gasteiger charge is -2.07. The van der Waals surface area contributed by atoms with Gasteiger partial charge in [-0.1, -0.05) is 24.3 Å². The molecular formula is C21H25NO4. The molecule has 5 heteroatoms. The Morgan fingerprint density at radius 3 is 2.38 bits per heavy atom. The summed E-state index contributed by atoms with van der Waals surface area (Å²) < 4.78 is 15.4. The predicted octanol–water partition coefficient (Wildman–Crippen LogP) is 3.14. The average Bonchev–Trinajstić information content (AvgIpc) is 3.48. The summed E-state index contributed by atoms with van der Waals surface area (Å²) >= 11 is 0. The van der Waals surface area contributed by atoms with E-state index in [1.54, 1.807) is 14.2 Å². The molecule has 0 heterocycles. The molecule has 1 N–H and O–H groups in total. The van der Waals surface area contributed by atoms with Gasteiger partial charge < -0.3 is 19.5 Å². The minimum absolute atomic E-state index is 0.0802. The number of amides is 1. The highest BCUT2D eigenvalue weighted by Crippen LogP contribution is 2.47. The molecule has 138 valence electrons. The van der Waals surface area contributed by atoms with Crippen molar-refractivity contribution in [1.82, 2.24) is 5.32 Å². The summed E-state index contributed by atoms with van der Waals surface area (Å²) in [5.74, 6) is 2.15. The van der Waals surface area contributed by atoms with Crippen molar-refractivity contribution in [2.24, 2.45) is 5.92 Å². The molecule has 2 atom stereocenters. The lowest BCUT2D eigenvalue weighted by atomic mass is 10.1. The molecule has 0 aromatic heterocycles. The van der Waals surface area contributed by atoms with Crippen LogP contribution in [0.4, 0.5) is 0 Å². The van der Waals surface area contributed by atoms with Gasteiger partial charge in [-0.05, 0) is 54.2 Å². The summed E-state index contributed by atoms with van der Waals surface area (Å²) in [7, 11) is 3.25. The Morgan fingerprint density at radius 2 is 1.73 bits per heavy atom. The van der Waals surface area contributed by atoms with Crippen LogP contribution in [0, 0.1) is 5.92 Å².